The van der Waals surface area contributed by atoms with E-state index in [9.17, 15) is 14.9 Å². The van der Waals surface area contributed by atoms with Gasteiger partial charge in [-0.2, -0.15) is 0 Å². The summed E-state index contributed by atoms with van der Waals surface area (Å²) in [6.45, 7) is 2.33. The van der Waals surface area contributed by atoms with Gasteiger partial charge in [-0.3, -0.25) is 10.1 Å². The van der Waals surface area contributed by atoms with E-state index < -0.39 is 10.9 Å². The summed E-state index contributed by atoms with van der Waals surface area (Å²) < 4.78 is 10.7. The van der Waals surface area contributed by atoms with E-state index >= 15 is 0 Å². The highest BCUT2D eigenvalue weighted by Gasteiger charge is 2.24. The van der Waals surface area contributed by atoms with Crippen LogP contribution in [0.1, 0.15) is 22.8 Å². The van der Waals surface area contributed by atoms with Crippen LogP contribution >= 0.6 is 0 Å². The lowest BCUT2D eigenvalue weighted by Gasteiger charge is -2.13. The average Bonchev–Trinajstić information content (AvgIpc) is 3.02. The lowest BCUT2D eigenvalue weighted by Crippen LogP contribution is -2.24. The lowest BCUT2D eigenvalue weighted by molar-refractivity contribution is -0.385. The number of benzene rings is 2. The zero-order chi connectivity index (χ0) is 17.8. The molecule has 1 N–H and O–H groups in total. The topological polar surface area (TPSA) is 90.7 Å². The molecule has 0 bridgehead atoms. The SMILES string of the molecule is CCOC(=O)c1cc(NCC2Cc3ccccc3O2)ccc1[N+](=O)[O-]. The minimum Gasteiger partial charge on any atom is -0.488 e. The van der Waals surface area contributed by atoms with Crippen molar-refractivity contribution < 1.29 is 19.2 Å². The molecule has 0 radical (unpaired) electrons. The molecule has 0 amide bonds. The predicted octanol–water partition coefficient (Wildman–Crippen LogP) is 3.19. The van der Waals surface area contributed by atoms with Gasteiger partial charge >= 0.3 is 5.97 Å². The first-order chi connectivity index (χ1) is 12.1. The van der Waals surface area contributed by atoms with E-state index in [-0.39, 0.29) is 24.0 Å². The maximum Gasteiger partial charge on any atom is 0.345 e. The van der Waals surface area contributed by atoms with Crippen molar-refractivity contribution in [3.05, 3.63) is 63.7 Å². The number of nitrogens with one attached hydrogen (secondary N) is 1. The number of para-hydroxylation sites is 1. The molecular weight excluding hydrogens is 324 g/mol. The third-order valence-electron chi connectivity index (χ3n) is 3.94. The summed E-state index contributed by atoms with van der Waals surface area (Å²) in [5, 5.41) is 14.3. The smallest absolute Gasteiger partial charge is 0.345 e. The average molecular weight is 342 g/mol. The number of rotatable bonds is 6. The second kappa shape index (κ2) is 7.21. The normalized spacial score (nSPS) is 15.2. The van der Waals surface area contributed by atoms with Crippen molar-refractivity contribution in [3.8, 4) is 5.75 Å². The Morgan fingerprint density at radius 2 is 2.16 bits per heavy atom. The highest BCUT2D eigenvalue weighted by molar-refractivity contribution is 5.95. The molecule has 7 heteroatoms. The van der Waals surface area contributed by atoms with Crippen LogP contribution in [0.25, 0.3) is 0 Å². The second-order valence-electron chi connectivity index (χ2n) is 5.64. The summed E-state index contributed by atoms with van der Waals surface area (Å²) in [4.78, 5) is 22.5. The fourth-order valence-corrected chi connectivity index (χ4v) is 2.78. The van der Waals surface area contributed by atoms with Gasteiger partial charge in [0.2, 0.25) is 0 Å². The van der Waals surface area contributed by atoms with Crippen LogP contribution in [-0.2, 0) is 11.2 Å². The quantitative estimate of drug-likeness (QED) is 0.492. The van der Waals surface area contributed by atoms with Crippen molar-refractivity contribution in [1.29, 1.82) is 0 Å². The fraction of sp³-hybridized carbons (Fsp3) is 0.278. The molecule has 0 saturated heterocycles. The van der Waals surface area contributed by atoms with Gasteiger partial charge in [-0.25, -0.2) is 4.79 Å². The Hall–Kier alpha value is -3.09. The molecule has 1 unspecified atom stereocenters. The van der Waals surface area contributed by atoms with Crippen molar-refractivity contribution in [2.24, 2.45) is 0 Å². The number of anilines is 1. The number of ether oxygens (including phenoxy) is 2. The number of nitro benzene ring substituents is 1. The molecule has 2 aromatic carbocycles. The van der Waals surface area contributed by atoms with Crippen LogP contribution in [0.3, 0.4) is 0 Å². The maximum atomic E-state index is 12.0. The van der Waals surface area contributed by atoms with E-state index in [4.69, 9.17) is 9.47 Å². The Morgan fingerprint density at radius 1 is 1.36 bits per heavy atom. The van der Waals surface area contributed by atoms with Gasteiger partial charge in [-0.15, -0.1) is 0 Å². The van der Waals surface area contributed by atoms with Crippen LogP contribution in [0.2, 0.25) is 0 Å². The van der Waals surface area contributed by atoms with Crippen LogP contribution in [0.5, 0.6) is 5.75 Å². The zero-order valence-corrected chi connectivity index (χ0v) is 13.7. The number of nitro groups is 1. The van der Waals surface area contributed by atoms with Crippen molar-refractivity contribution in [3.63, 3.8) is 0 Å². The molecule has 1 atom stereocenters. The molecule has 2 aromatic rings. The lowest BCUT2D eigenvalue weighted by atomic mass is 10.1. The van der Waals surface area contributed by atoms with Crippen LogP contribution in [-0.4, -0.2) is 30.1 Å². The summed E-state index contributed by atoms with van der Waals surface area (Å²) in [6, 6.07) is 12.2. The number of hydrogen-bond donors (Lipinski definition) is 1. The predicted molar refractivity (Wildman–Crippen MR) is 92.1 cm³/mol. The van der Waals surface area contributed by atoms with E-state index in [0.29, 0.717) is 12.2 Å². The largest absolute Gasteiger partial charge is 0.488 e. The minimum absolute atomic E-state index is 0.0290. The van der Waals surface area contributed by atoms with Gasteiger partial charge in [-0.05, 0) is 30.7 Å². The summed E-state index contributed by atoms with van der Waals surface area (Å²) >= 11 is 0. The van der Waals surface area contributed by atoms with Crippen molar-refractivity contribution in [2.45, 2.75) is 19.4 Å². The number of fused-ring (bicyclic) bond motifs is 1. The van der Waals surface area contributed by atoms with Crippen molar-refractivity contribution in [2.75, 3.05) is 18.5 Å². The Labute approximate surface area is 144 Å². The van der Waals surface area contributed by atoms with Crippen LogP contribution in [0, 0.1) is 10.1 Å². The Morgan fingerprint density at radius 3 is 2.88 bits per heavy atom. The summed E-state index contributed by atoms with van der Waals surface area (Å²) in [5.41, 5.74) is 1.43. The molecule has 25 heavy (non-hydrogen) atoms. The van der Waals surface area contributed by atoms with Gasteiger partial charge in [0.15, 0.2) is 0 Å². The molecule has 1 aliphatic heterocycles. The first-order valence-corrected chi connectivity index (χ1v) is 8.02. The molecule has 0 spiro atoms. The van der Waals surface area contributed by atoms with Crippen LogP contribution < -0.4 is 10.1 Å². The Kier molecular flexibility index (Phi) is 4.83. The fourth-order valence-electron chi connectivity index (χ4n) is 2.78. The van der Waals surface area contributed by atoms with E-state index in [0.717, 1.165) is 17.7 Å². The number of esters is 1. The number of hydrogen-bond acceptors (Lipinski definition) is 6. The van der Waals surface area contributed by atoms with Crippen LogP contribution in [0.15, 0.2) is 42.5 Å². The molecule has 7 nitrogen and oxygen atoms in total. The Bertz CT molecular complexity index is 781. The zero-order valence-electron chi connectivity index (χ0n) is 13.7. The van der Waals surface area contributed by atoms with Gasteiger partial charge in [0.05, 0.1) is 18.1 Å². The molecular formula is C18H18N2O5. The molecule has 0 saturated carbocycles. The third-order valence-corrected chi connectivity index (χ3v) is 3.94. The number of carbonyl (C=O) groups is 1. The van der Waals surface area contributed by atoms with Gasteiger partial charge in [0, 0.05) is 18.2 Å². The highest BCUT2D eigenvalue weighted by atomic mass is 16.6. The van der Waals surface area contributed by atoms with E-state index in [1.165, 1.54) is 12.1 Å². The van der Waals surface area contributed by atoms with E-state index in [1.54, 1.807) is 13.0 Å². The van der Waals surface area contributed by atoms with Gasteiger partial charge in [0.25, 0.3) is 5.69 Å². The molecule has 0 fully saturated rings. The Balaban J connectivity index is 1.70. The number of carbonyl (C=O) groups excluding carboxylic acids is 1. The van der Waals surface area contributed by atoms with Gasteiger partial charge in [0.1, 0.15) is 17.4 Å². The summed E-state index contributed by atoms with van der Waals surface area (Å²) in [5.74, 6) is 0.174. The number of nitrogens with zero attached hydrogens (tertiary/aromatic N) is 1. The monoisotopic (exact) mass is 342 g/mol. The van der Waals surface area contributed by atoms with Gasteiger partial charge in [-0.1, -0.05) is 18.2 Å². The third kappa shape index (κ3) is 3.71. The maximum absolute atomic E-state index is 12.0. The molecule has 0 aliphatic carbocycles. The second-order valence-corrected chi connectivity index (χ2v) is 5.64. The summed E-state index contributed by atoms with van der Waals surface area (Å²) in [7, 11) is 0. The van der Waals surface area contributed by atoms with Crippen molar-refractivity contribution >= 4 is 17.3 Å². The highest BCUT2D eigenvalue weighted by Crippen LogP contribution is 2.29. The molecule has 130 valence electrons. The molecule has 3 rings (SSSR count). The molecule has 0 aromatic heterocycles. The first kappa shape index (κ1) is 16.8. The summed E-state index contributed by atoms with van der Waals surface area (Å²) in [6.07, 6.45) is 0.764. The first-order valence-electron chi connectivity index (χ1n) is 8.02. The minimum atomic E-state index is -0.706. The van der Waals surface area contributed by atoms with E-state index in [1.807, 2.05) is 24.3 Å². The molecule has 1 heterocycles. The van der Waals surface area contributed by atoms with Gasteiger partial charge < -0.3 is 14.8 Å². The van der Waals surface area contributed by atoms with Crippen LogP contribution in [0.4, 0.5) is 11.4 Å². The standard InChI is InChI=1S/C18H18N2O5/c1-2-24-18(21)15-10-13(7-8-16(15)20(22)23)19-11-14-9-12-5-3-4-6-17(12)25-14/h3-8,10,14,19H,2,9,11H2,1H3. The van der Waals surface area contributed by atoms with Crippen molar-refractivity contribution in [1.82, 2.24) is 0 Å². The van der Waals surface area contributed by atoms with E-state index in [2.05, 4.69) is 5.32 Å². The molecule has 1 aliphatic rings.